The Labute approximate surface area is 124 Å². The van der Waals surface area contributed by atoms with Crippen molar-refractivity contribution in [3.63, 3.8) is 0 Å². The Bertz CT molecular complexity index is 461. The first-order valence-electron chi connectivity index (χ1n) is 7.15. The van der Waals surface area contributed by atoms with E-state index >= 15 is 0 Å². The van der Waals surface area contributed by atoms with E-state index in [1.54, 1.807) is 6.92 Å². The Hall–Kier alpha value is -1.43. The summed E-state index contributed by atoms with van der Waals surface area (Å²) in [6.45, 7) is 5.31. The summed E-state index contributed by atoms with van der Waals surface area (Å²) >= 11 is 0. The monoisotopic (exact) mass is 294 g/mol. The fourth-order valence-corrected chi connectivity index (χ4v) is 2.59. The van der Waals surface area contributed by atoms with E-state index in [1.807, 2.05) is 37.3 Å². The summed E-state index contributed by atoms with van der Waals surface area (Å²) in [6, 6.07) is 9.70. The van der Waals surface area contributed by atoms with Gasteiger partial charge in [-0.2, -0.15) is 0 Å². The minimum absolute atomic E-state index is 0.273. The van der Waals surface area contributed by atoms with Gasteiger partial charge < -0.3 is 19.3 Å². The van der Waals surface area contributed by atoms with Crippen LogP contribution in [0.1, 0.15) is 26.3 Å². The Morgan fingerprint density at radius 1 is 1.19 bits per heavy atom. The van der Waals surface area contributed by atoms with Crippen molar-refractivity contribution in [2.24, 2.45) is 0 Å². The first kappa shape index (κ1) is 15.9. The molecule has 1 aliphatic rings. The summed E-state index contributed by atoms with van der Waals surface area (Å²) in [7, 11) is 0. The second kappa shape index (κ2) is 7.02. The molecule has 1 aliphatic heterocycles. The second-order valence-corrected chi connectivity index (χ2v) is 5.37. The lowest BCUT2D eigenvalue weighted by molar-refractivity contribution is -0.237. The van der Waals surface area contributed by atoms with Gasteiger partial charge in [-0.05, 0) is 19.4 Å². The number of aliphatic hydroxyl groups excluding tert-OH is 1. The van der Waals surface area contributed by atoms with Gasteiger partial charge in [0.15, 0.2) is 6.10 Å². The van der Waals surface area contributed by atoms with Crippen molar-refractivity contribution in [3.05, 3.63) is 35.9 Å². The number of hydrogen-bond acceptors (Lipinski definition) is 5. The van der Waals surface area contributed by atoms with Crippen LogP contribution in [0.15, 0.2) is 30.3 Å². The molecule has 1 aromatic carbocycles. The molecule has 5 atom stereocenters. The Kier molecular flexibility index (Phi) is 5.33. The van der Waals surface area contributed by atoms with Gasteiger partial charge in [-0.1, -0.05) is 30.3 Å². The van der Waals surface area contributed by atoms with E-state index in [2.05, 4.69) is 0 Å². The maximum atomic E-state index is 11.1. The third-order valence-electron chi connectivity index (χ3n) is 3.62. The van der Waals surface area contributed by atoms with E-state index in [1.165, 1.54) is 6.92 Å². The summed E-state index contributed by atoms with van der Waals surface area (Å²) < 4.78 is 16.6. The maximum absolute atomic E-state index is 11.1. The van der Waals surface area contributed by atoms with Gasteiger partial charge >= 0.3 is 5.97 Å². The molecule has 2 unspecified atom stereocenters. The van der Waals surface area contributed by atoms with E-state index in [4.69, 9.17) is 14.2 Å². The predicted octanol–water partition coefficient (Wildman–Crippen LogP) is 1.67. The Morgan fingerprint density at radius 3 is 2.43 bits per heavy atom. The molecular weight excluding hydrogens is 272 g/mol. The highest BCUT2D eigenvalue weighted by atomic mass is 16.6. The number of carbonyl (C=O) groups is 1. The zero-order valence-electron chi connectivity index (χ0n) is 12.6. The van der Waals surface area contributed by atoms with E-state index in [9.17, 15) is 9.90 Å². The predicted molar refractivity (Wildman–Crippen MR) is 76.6 cm³/mol. The smallest absolute Gasteiger partial charge is 0.303 e. The molecule has 0 bridgehead atoms. The molecule has 0 aromatic heterocycles. The van der Waals surface area contributed by atoms with Crippen molar-refractivity contribution in [1.29, 1.82) is 0 Å². The van der Waals surface area contributed by atoms with Gasteiger partial charge in [0, 0.05) is 6.92 Å². The summed E-state index contributed by atoms with van der Waals surface area (Å²) in [5, 5.41) is 10.4. The van der Waals surface area contributed by atoms with Crippen LogP contribution in [0.4, 0.5) is 0 Å². The molecule has 1 heterocycles. The van der Waals surface area contributed by atoms with Crippen LogP contribution in [0.3, 0.4) is 0 Å². The lowest BCUT2D eigenvalue weighted by atomic mass is 9.96. The highest BCUT2D eigenvalue weighted by molar-refractivity contribution is 5.66. The second-order valence-electron chi connectivity index (χ2n) is 5.37. The molecular formula is C16H22O5. The summed E-state index contributed by atoms with van der Waals surface area (Å²) in [5.74, 6) is -0.439. The van der Waals surface area contributed by atoms with Crippen LogP contribution in [0.5, 0.6) is 0 Å². The zero-order chi connectivity index (χ0) is 15.4. The minimum atomic E-state index is -0.906. The zero-order valence-corrected chi connectivity index (χ0v) is 12.6. The number of rotatable bonds is 4. The van der Waals surface area contributed by atoms with Crippen molar-refractivity contribution in [1.82, 2.24) is 0 Å². The summed E-state index contributed by atoms with van der Waals surface area (Å²) in [5.41, 5.74) is 1.01. The highest BCUT2D eigenvalue weighted by Gasteiger charge is 2.44. The average Bonchev–Trinajstić information content (AvgIpc) is 2.44. The van der Waals surface area contributed by atoms with Crippen LogP contribution in [0.25, 0.3) is 0 Å². The van der Waals surface area contributed by atoms with Crippen molar-refractivity contribution < 1.29 is 24.1 Å². The van der Waals surface area contributed by atoms with E-state index in [-0.39, 0.29) is 12.2 Å². The summed E-state index contributed by atoms with van der Waals surface area (Å²) in [6.07, 6.45) is -2.79. The minimum Gasteiger partial charge on any atom is -0.457 e. The molecule has 0 aliphatic carbocycles. The van der Waals surface area contributed by atoms with Gasteiger partial charge in [0.2, 0.25) is 0 Å². The lowest BCUT2D eigenvalue weighted by Crippen LogP contribution is -2.57. The fraction of sp³-hybridized carbons (Fsp3) is 0.562. The standard InChI is InChI=1S/C16H22O5/c1-10-15(19-9-13-7-5-4-6-8-13)14(18)16(11(2)20-10)21-12(3)17/h4-8,10-11,14-16,18H,9H2,1-3H3/t10?,11-,14+,15-,16?/m0/s1. The molecule has 21 heavy (non-hydrogen) atoms. The third kappa shape index (κ3) is 4.03. The average molecular weight is 294 g/mol. The molecule has 0 spiro atoms. The van der Waals surface area contributed by atoms with Gasteiger partial charge in [0.1, 0.15) is 12.2 Å². The number of esters is 1. The van der Waals surface area contributed by atoms with Crippen molar-refractivity contribution in [2.75, 3.05) is 0 Å². The van der Waals surface area contributed by atoms with Crippen molar-refractivity contribution in [2.45, 2.75) is 57.9 Å². The van der Waals surface area contributed by atoms with E-state index in [0.29, 0.717) is 6.61 Å². The van der Waals surface area contributed by atoms with Crippen LogP contribution in [-0.4, -0.2) is 41.6 Å². The van der Waals surface area contributed by atoms with Crippen molar-refractivity contribution >= 4 is 5.97 Å². The molecule has 2 rings (SSSR count). The van der Waals surface area contributed by atoms with Gasteiger partial charge in [0.05, 0.1) is 18.8 Å². The first-order chi connectivity index (χ1) is 9.99. The molecule has 1 N–H and O–H groups in total. The number of benzene rings is 1. The van der Waals surface area contributed by atoms with Gasteiger partial charge in [-0.3, -0.25) is 4.79 Å². The number of aliphatic hydroxyl groups is 1. The quantitative estimate of drug-likeness (QED) is 0.856. The maximum Gasteiger partial charge on any atom is 0.303 e. The van der Waals surface area contributed by atoms with Gasteiger partial charge in [0.25, 0.3) is 0 Å². The largest absolute Gasteiger partial charge is 0.457 e. The van der Waals surface area contributed by atoms with Gasteiger partial charge in [-0.25, -0.2) is 0 Å². The molecule has 1 saturated heterocycles. The molecule has 116 valence electrons. The number of ether oxygens (including phenoxy) is 3. The van der Waals surface area contributed by atoms with Crippen LogP contribution >= 0.6 is 0 Å². The first-order valence-corrected chi connectivity index (χ1v) is 7.15. The van der Waals surface area contributed by atoms with Crippen LogP contribution in [0.2, 0.25) is 0 Å². The molecule has 0 saturated carbocycles. The molecule has 0 radical (unpaired) electrons. The molecule has 5 nitrogen and oxygen atoms in total. The van der Waals surface area contributed by atoms with Crippen molar-refractivity contribution in [3.8, 4) is 0 Å². The molecule has 1 aromatic rings. The molecule has 0 amide bonds. The van der Waals surface area contributed by atoms with Crippen LogP contribution in [-0.2, 0) is 25.6 Å². The third-order valence-corrected chi connectivity index (χ3v) is 3.62. The van der Waals surface area contributed by atoms with Gasteiger partial charge in [-0.15, -0.1) is 0 Å². The summed E-state index contributed by atoms with van der Waals surface area (Å²) in [4.78, 5) is 11.1. The number of carbonyl (C=O) groups excluding carboxylic acids is 1. The topological polar surface area (TPSA) is 65.0 Å². The SMILES string of the molecule is CC(=O)OC1[C@H](C)OC(C)[C@H](OCc2ccccc2)[C@H]1O. The van der Waals surface area contributed by atoms with Crippen LogP contribution in [0, 0.1) is 0 Å². The van der Waals surface area contributed by atoms with Crippen LogP contribution < -0.4 is 0 Å². The normalized spacial score (nSPS) is 32.7. The molecule has 5 heteroatoms. The molecule has 1 fully saturated rings. The number of hydrogen-bond donors (Lipinski definition) is 1. The fourth-order valence-electron chi connectivity index (χ4n) is 2.59. The highest BCUT2D eigenvalue weighted by Crippen LogP contribution is 2.26. The van der Waals surface area contributed by atoms with E-state index in [0.717, 1.165) is 5.56 Å². The van der Waals surface area contributed by atoms with E-state index < -0.39 is 24.3 Å². The Balaban J connectivity index is 2.01. The Morgan fingerprint density at radius 2 is 1.81 bits per heavy atom. The lowest BCUT2D eigenvalue weighted by Gasteiger charge is -2.41.